The van der Waals surface area contributed by atoms with Gasteiger partial charge in [0.1, 0.15) is 0 Å². The molecule has 0 spiro atoms. The van der Waals surface area contributed by atoms with Crippen LogP contribution in [0.3, 0.4) is 0 Å². The molecule has 1 aliphatic heterocycles. The van der Waals surface area contributed by atoms with E-state index < -0.39 is 0 Å². The number of hydrogen-bond acceptors (Lipinski definition) is 3. The largest absolute Gasteiger partial charge is 0.339 e. The van der Waals surface area contributed by atoms with E-state index in [1.54, 1.807) is 4.90 Å². The number of carbonyl (C=O) groups excluding carboxylic acids is 1. The molecule has 1 unspecified atom stereocenters. The van der Waals surface area contributed by atoms with Crippen molar-refractivity contribution in [3.63, 3.8) is 0 Å². The monoisotopic (exact) mass is 157 g/mol. The van der Waals surface area contributed by atoms with Gasteiger partial charge < -0.3 is 16.0 Å². The molecular weight excluding hydrogens is 142 g/mol. The zero-order chi connectivity index (χ0) is 8.27. The number of amides is 1. The molecule has 1 fully saturated rings. The van der Waals surface area contributed by atoms with Crippen LogP contribution in [0.4, 0.5) is 0 Å². The summed E-state index contributed by atoms with van der Waals surface area (Å²) < 4.78 is 0. The number of nitrogens with two attached hydrogens (primary N) is 1. The molecule has 0 bridgehead atoms. The van der Waals surface area contributed by atoms with Crippen molar-refractivity contribution in [3.05, 3.63) is 0 Å². The highest BCUT2D eigenvalue weighted by molar-refractivity contribution is 5.79. The molecular formula is C7H15N3O. The Morgan fingerprint density at radius 2 is 2.55 bits per heavy atom. The third-order valence-electron chi connectivity index (χ3n) is 1.70. The molecule has 0 aromatic carbocycles. The SMILES string of the molecule is CC(N)CN1CCNCC1=O. The van der Waals surface area contributed by atoms with Gasteiger partial charge in [0.15, 0.2) is 0 Å². The van der Waals surface area contributed by atoms with E-state index in [9.17, 15) is 4.79 Å². The molecule has 0 saturated carbocycles. The minimum atomic E-state index is 0.0806. The number of piperazine rings is 1. The van der Waals surface area contributed by atoms with Crippen LogP contribution in [0.25, 0.3) is 0 Å². The van der Waals surface area contributed by atoms with E-state index in [4.69, 9.17) is 5.73 Å². The second-order valence-electron chi connectivity index (χ2n) is 2.99. The highest BCUT2D eigenvalue weighted by Crippen LogP contribution is 1.94. The Labute approximate surface area is 66.7 Å². The second kappa shape index (κ2) is 3.69. The molecule has 1 amide bonds. The first-order valence-corrected chi connectivity index (χ1v) is 3.94. The van der Waals surface area contributed by atoms with Crippen LogP contribution in [0.2, 0.25) is 0 Å². The predicted octanol–water partition coefficient (Wildman–Crippen LogP) is -1.23. The summed E-state index contributed by atoms with van der Waals surface area (Å²) in [6, 6.07) is 0.0806. The van der Waals surface area contributed by atoms with Crippen molar-refractivity contribution >= 4 is 5.91 Å². The first-order valence-electron chi connectivity index (χ1n) is 3.94. The number of nitrogens with one attached hydrogen (secondary N) is 1. The number of nitrogens with zero attached hydrogens (tertiary/aromatic N) is 1. The maximum Gasteiger partial charge on any atom is 0.236 e. The van der Waals surface area contributed by atoms with E-state index in [2.05, 4.69) is 5.32 Å². The van der Waals surface area contributed by atoms with E-state index in [0.29, 0.717) is 13.1 Å². The lowest BCUT2D eigenvalue weighted by Crippen LogP contribution is -2.51. The van der Waals surface area contributed by atoms with Gasteiger partial charge in [0.25, 0.3) is 0 Å². The summed E-state index contributed by atoms with van der Waals surface area (Å²) >= 11 is 0. The Bertz CT molecular complexity index is 147. The zero-order valence-electron chi connectivity index (χ0n) is 6.84. The smallest absolute Gasteiger partial charge is 0.236 e. The standard InChI is InChI=1S/C7H15N3O/c1-6(8)5-10-3-2-9-4-7(10)11/h6,9H,2-5,8H2,1H3. The summed E-state index contributed by atoms with van der Waals surface area (Å²) in [4.78, 5) is 12.9. The Balaban J connectivity index is 2.36. The lowest BCUT2D eigenvalue weighted by Gasteiger charge is -2.28. The van der Waals surface area contributed by atoms with Gasteiger partial charge in [0.2, 0.25) is 5.91 Å². The molecule has 0 radical (unpaired) electrons. The van der Waals surface area contributed by atoms with Crippen molar-refractivity contribution in [1.82, 2.24) is 10.2 Å². The molecule has 4 nitrogen and oxygen atoms in total. The number of hydrogen-bond donors (Lipinski definition) is 2. The average Bonchev–Trinajstić information content (AvgIpc) is 1.93. The highest BCUT2D eigenvalue weighted by atomic mass is 16.2. The fourth-order valence-electron chi connectivity index (χ4n) is 1.19. The lowest BCUT2D eigenvalue weighted by molar-refractivity contribution is -0.132. The third-order valence-corrected chi connectivity index (χ3v) is 1.70. The van der Waals surface area contributed by atoms with Gasteiger partial charge in [0, 0.05) is 25.7 Å². The van der Waals surface area contributed by atoms with E-state index in [-0.39, 0.29) is 11.9 Å². The van der Waals surface area contributed by atoms with Gasteiger partial charge in [-0.1, -0.05) is 0 Å². The van der Waals surface area contributed by atoms with Crippen LogP contribution in [-0.4, -0.2) is 43.0 Å². The van der Waals surface area contributed by atoms with Crippen LogP contribution >= 0.6 is 0 Å². The number of rotatable bonds is 2. The van der Waals surface area contributed by atoms with Crippen molar-refractivity contribution < 1.29 is 4.79 Å². The Hall–Kier alpha value is -0.610. The number of carbonyl (C=O) groups is 1. The first-order chi connectivity index (χ1) is 5.20. The van der Waals surface area contributed by atoms with Gasteiger partial charge in [-0.15, -0.1) is 0 Å². The van der Waals surface area contributed by atoms with Crippen LogP contribution in [0, 0.1) is 0 Å². The summed E-state index contributed by atoms with van der Waals surface area (Å²) in [7, 11) is 0. The summed E-state index contributed by atoms with van der Waals surface area (Å²) in [6.07, 6.45) is 0. The third kappa shape index (κ3) is 2.48. The average molecular weight is 157 g/mol. The van der Waals surface area contributed by atoms with Gasteiger partial charge in [-0.3, -0.25) is 4.79 Å². The van der Waals surface area contributed by atoms with Crippen LogP contribution in [0.1, 0.15) is 6.92 Å². The van der Waals surface area contributed by atoms with Gasteiger partial charge in [0.05, 0.1) is 6.54 Å². The van der Waals surface area contributed by atoms with Crippen LogP contribution < -0.4 is 11.1 Å². The molecule has 1 aliphatic rings. The van der Waals surface area contributed by atoms with Gasteiger partial charge in [-0.2, -0.15) is 0 Å². The van der Waals surface area contributed by atoms with Crippen molar-refractivity contribution in [2.75, 3.05) is 26.2 Å². The molecule has 64 valence electrons. The van der Waals surface area contributed by atoms with E-state index in [1.165, 1.54) is 0 Å². The summed E-state index contributed by atoms with van der Waals surface area (Å²) in [5.74, 6) is 0.161. The van der Waals surface area contributed by atoms with Gasteiger partial charge in [-0.25, -0.2) is 0 Å². The van der Waals surface area contributed by atoms with Crippen LogP contribution in [0.15, 0.2) is 0 Å². The minimum Gasteiger partial charge on any atom is -0.339 e. The van der Waals surface area contributed by atoms with Crippen molar-refractivity contribution in [3.8, 4) is 0 Å². The molecule has 0 aromatic heterocycles. The summed E-state index contributed by atoms with van der Waals surface area (Å²) in [6.45, 7) is 4.74. The maximum absolute atomic E-state index is 11.1. The molecule has 3 N–H and O–H groups in total. The highest BCUT2D eigenvalue weighted by Gasteiger charge is 2.17. The molecule has 0 aromatic rings. The van der Waals surface area contributed by atoms with Crippen molar-refractivity contribution in [1.29, 1.82) is 0 Å². The summed E-state index contributed by atoms with van der Waals surface area (Å²) in [5, 5.41) is 3.01. The lowest BCUT2D eigenvalue weighted by atomic mass is 10.3. The van der Waals surface area contributed by atoms with E-state index in [1.807, 2.05) is 6.92 Å². The maximum atomic E-state index is 11.1. The van der Waals surface area contributed by atoms with Crippen molar-refractivity contribution in [2.45, 2.75) is 13.0 Å². The van der Waals surface area contributed by atoms with Crippen LogP contribution in [0.5, 0.6) is 0 Å². The molecule has 4 heteroatoms. The normalized spacial score (nSPS) is 22.0. The molecule has 11 heavy (non-hydrogen) atoms. The second-order valence-corrected chi connectivity index (χ2v) is 2.99. The quantitative estimate of drug-likeness (QED) is 0.527. The summed E-state index contributed by atoms with van der Waals surface area (Å²) in [5.41, 5.74) is 5.57. The van der Waals surface area contributed by atoms with E-state index >= 15 is 0 Å². The fraction of sp³-hybridized carbons (Fsp3) is 0.857. The molecule has 1 rings (SSSR count). The van der Waals surface area contributed by atoms with Crippen molar-refractivity contribution in [2.24, 2.45) is 5.73 Å². The molecule has 1 atom stereocenters. The Kier molecular flexibility index (Phi) is 2.84. The van der Waals surface area contributed by atoms with Gasteiger partial charge >= 0.3 is 0 Å². The Morgan fingerprint density at radius 1 is 1.82 bits per heavy atom. The first kappa shape index (κ1) is 8.49. The van der Waals surface area contributed by atoms with E-state index in [0.717, 1.165) is 13.1 Å². The van der Waals surface area contributed by atoms with Gasteiger partial charge in [-0.05, 0) is 6.92 Å². The zero-order valence-corrected chi connectivity index (χ0v) is 6.84. The Morgan fingerprint density at radius 3 is 3.09 bits per heavy atom. The molecule has 0 aliphatic carbocycles. The fourth-order valence-corrected chi connectivity index (χ4v) is 1.19. The van der Waals surface area contributed by atoms with Crippen LogP contribution in [-0.2, 0) is 4.79 Å². The topological polar surface area (TPSA) is 58.4 Å². The predicted molar refractivity (Wildman–Crippen MR) is 43.1 cm³/mol. The molecule has 1 saturated heterocycles. The minimum absolute atomic E-state index is 0.0806. The molecule has 1 heterocycles.